The van der Waals surface area contributed by atoms with Gasteiger partial charge in [0.25, 0.3) is 0 Å². The Morgan fingerprint density at radius 1 is 1.36 bits per heavy atom. The number of hydrogen-bond donors (Lipinski definition) is 1. The molecule has 0 spiro atoms. The van der Waals surface area contributed by atoms with E-state index in [0.29, 0.717) is 24.1 Å². The van der Waals surface area contributed by atoms with Crippen molar-refractivity contribution in [3.63, 3.8) is 0 Å². The van der Waals surface area contributed by atoms with Crippen molar-refractivity contribution < 1.29 is 9.53 Å². The maximum Gasteiger partial charge on any atom is 0.227 e. The molecule has 2 atom stereocenters. The average Bonchev–Trinajstić information content (AvgIpc) is 3.04. The molecule has 7 heteroatoms. The van der Waals surface area contributed by atoms with Crippen molar-refractivity contribution in [2.75, 3.05) is 18.2 Å². The van der Waals surface area contributed by atoms with Gasteiger partial charge in [0.15, 0.2) is 0 Å². The highest BCUT2D eigenvalue weighted by atomic mass is 32.2. The van der Waals surface area contributed by atoms with Crippen molar-refractivity contribution in [2.45, 2.75) is 31.0 Å². The van der Waals surface area contributed by atoms with Crippen LogP contribution in [-0.2, 0) is 4.79 Å². The summed E-state index contributed by atoms with van der Waals surface area (Å²) in [5.74, 6) is 1.53. The fourth-order valence-electron chi connectivity index (χ4n) is 3.50. The smallest absolute Gasteiger partial charge is 0.227 e. The van der Waals surface area contributed by atoms with Crippen LogP contribution in [0.4, 0.5) is 5.95 Å². The van der Waals surface area contributed by atoms with Gasteiger partial charge in [-0.05, 0) is 37.3 Å². The van der Waals surface area contributed by atoms with Crippen LogP contribution < -0.4 is 10.1 Å². The topological polar surface area (TPSA) is 69.0 Å². The normalized spacial score (nSPS) is 21.8. The molecule has 0 unspecified atom stereocenters. The van der Waals surface area contributed by atoms with E-state index in [2.05, 4.69) is 21.5 Å². The van der Waals surface area contributed by atoms with E-state index in [1.54, 1.807) is 0 Å². The van der Waals surface area contributed by atoms with Crippen LogP contribution >= 0.6 is 11.8 Å². The maximum absolute atomic E-state index is 12.7. The fourth-order valence-corrected chi connectivity index (χ4v) is 3.85. The molecule has 130 valence electrons. The minimum Gasteiger partial charge on any atom is -0.494 e. The third-order valence-electron chi connectivity index (χ3n) is 4.60. The summed E-state index contributed by atoms with van der Waals surface area (Å²) in [6.07, 6.45) is 5.41. The molecule has 1 aliphatic heterocycles. The predicted octanol–water partition coefficient (Wildman–Crippen LogP) is 3.28. The van der Waals surface area contributed by atoms with Gasteiger partial charge in [-0.25, -0.2) is 4.68 Å². The van der Waals surface area contributed by atoms with Crippen molar-refractivity contribution in [3.8, 4) is 5.75 Å². The first-order valence-corrected chi connectivity index (χ1v) is 9.66. The lowest BCUT2D eigenvalue weighted by Crippen LogP contribution is -2.38. The number of ketones is 1. The van der Waals surface area contributed by atoms with E-state index in [1.165, 1.54) is 11.8 Å². The summed E-state index contributed by atoms with van der Waals surface area (Å²) in [6.45, 7) is 2.59. The van der Waals surface area contributed by atoms with Crippen LogP contribution in [0.1, 0.15) is 31.4 Å². The maximum atomic E-state index is 12.7. The summed E-state index contributed by atoms with van der Waals surface area (Å²) in [6, 6.07) is 7.75. The van der Waals surface area contributed by atoms with Crippen LogP contribution in [-0.4, -0.2) is 33.4 Å². The van der Waals surface area contributed by atoms with Gasteiger partial charge < -0.3 is 10.1 Å². The van der Waals surface area contributed by atoms with Gasteiger partial charge in [-0.1, -0.05) is 30.0 Å². The first-order chi connectivity index (χ1) is 12.2. The zero-order chi connectivity index (χ0) is 17.4. The van der Waals surface area contributed by atoms with Gasteiger partial charge in [0, 0.05) is 12.1 Å². The number of hydrogen-bond acceptors (Lipinski definition) is 6. The van der Waals surface area contributed by atoms with E-state index in [4.69, 9.17) is 4.74 Å². The monoisotopic (exact) mass is 356 g/mol. The summed E-state index contributed by atoms with van der Waals surface area (Å²) >= 11 is 1.50. The van der Waals surface area contributed by atoms with Crippen LogP contribution in [0, 0.1) is 5.92 Å². The Hall–Kier alpha value is -2.28. The molecule has 25 heavy (non-hydrogen) atoms. The highest BCUT2D eigenvalue weighted by molar-refractivity contribution is 7.98. The van der Waals surface area contributed by atoms with E-state index in [1.807, 2.05) is 42.1 Å². The second kappa shape index (κ2) is 6.55. The zero-order valence-electron chi connectivity index (χ0n) is 14.2. The summed E-state index contributed by atoms with van der Waals surface area (Å²) < 4.78 is 7.39. The molecule has 0 fully saturated rings. The first-order valence-electron chi connectivity index (χ1n) is 8.44. The number of nitrogens with zero attached hydrogens (tertiary/aromatic N) is 3. The number of carbonyl (C=O) groups excluding carboxylic acids is 1. The van der Waals surface area contributed by atoms with Crippen molar-refractivity contribution in [3.05, 3.63) is 41.6 Å². The standard InChI is InChI=1S/C18H20N4O2S/c1-3-24-12-9-7-11(8-10-12)16-15-13(5-4-6-14(15)23)19-17-20-18(25-2)21-22(16)17/h5,7-10,15-16H,3-4,6H2,1-2H3,(H,19,20,21)/t15-,16-/m1/s1. The molecule has 1 aliphatic carbocycles. The van der Waals surface area contributed by atoms with E-state index >= 15 is 0 Å². The van der Waals surface area contributed by atoms with Crippen molar-refractivity contribution in [1.82, 2.24) is 14.8 Å². The lowest BCUT2D eigenvalue weighted by molar-refractivity contribution is -0.123. The summed E-state index contributed by atoms with van der Waals surface area (Å²) in [7, 11) is 0. The zero-order valence-corrected chi connectivity index (χ0v) is 15.0. The molecule has 2 aromatic rings. The molecule has 2 heterocycles. The molecule has 1 aromatic carbocycles. The first kappa shape index (κ1) is 16.2. The molecule has 0 saturated heterocycles. The molecule has 4 rings (SSSR count). The van der Waals surface area contributed by atoms with Crippen molar-refractivity contribution >= 4 is 23.5 Å². The van der Waals surface area contributed by atoms with Gasteiger partial charge in [0.1, 0.15) is 11.5 Å². The van der Waals surface area contributed by atoms with Gasteiger partial charge in [0.05, 0.1) is 18.6 Å². The molecule has 1 N–H and O–H groups in total. The van der Waals surface area contributed by atoms with E-state index in [-0.39, 0.29) is 17.7 Å². The minimum atomic E-state index is -0.240. The number of ether oxygens (including phenoxy) is 1. The highest BCUT2D eigenvalue weighted by Crippen LogP contribution is 2.42. The van der Waals surface area contributed by atoms with E-state index in [0.717, 1.165) is 23.4 Å². The van der Waals surface area contributed by atoms with Crippen LogP contribution in [0.3, 0.4) is 0 Å². The van der Waals surface area contributed by atoms with Crippen molar-refractivity contribution in [2.24, 2.45) is 5.92 Å². The number of thioether (sulfide) groups is 1. The van der Waals surface area contributed by atoms with Crippen LogP contribution in [0.15, 0.2) is 41.2 Å². The number of aromatic nitrogens is 3. The Morgan fingerprint density at radius 2 is 2.16 bits per heavy atom. The average molecular weight is 356 g/mol. The Balaban J connectivity index is 1.81. The number of fused-ring (bicyclic) bond motifs is 2. The Bertz CT molecular complexity index is 828. The Kier molecular flexibility index (Phi) is 4.25. The largest absolute Gasteiger partial charge is 0.494 e. The second-order valence-electron chi connectivity index (χ2n) is 6.08. The lowest BCUT2D eigenvalue weighted by atomic mass is 9.81. The van der Waals surface area contributed by atoms with Gasteiger partial charge in [-0.3, -0.25) is 4.79 Å². The summed E-state index contributed by atoms with van der Waals surface area (Å²) in [5.41, 5.74) is 1.98. The number of Topliss-reactive ketones (excluding diaryl/α,β-unsaturated/α-hetero) is 1. The molecule has 2 aliphatic rings. The lowest BCUT2D eigenvalue weighted by Gasteiger charge is -2.36. The molecule has 6 nitrogen and oxygen atoms in total. The number of benzene rings is 1. The Morgan fingerprint density at radius 3 is 2.88 bits per heavy atom. The second-order valence-corrected chi connectivity index (χ2v) is 6.85. The third kappa shape index (κ3) is 2.82. The number of carbonyl (C=O) groups is 1. The molecular formula is C18H20N4O2S. The molecule has 1 aromatic heterocycles. The van der Waals surface area contributed by atoms with Crippen LogP contribution in [0.2, 0.25) is 0 Å². The van der Waals surface area contributed by atoms with E-state index in [9.17, 15) is 4.79 Å². The molecule has 0 amide bonds. The predicted molar refractivity (Wildman–Crippen MR) is 97.0 cm³/mol. The van der Waals surface area contributed by atoms with Crippen molar-refractivity contribution in [1.29, 1.82) is 0 Å². The quantitative estimate of drug-likeness (QED) is 0.848. The van der Waals surface area contributed by atoms with Gasteiger partial charge in [-0.2, -0.15) is 4.98 Å². The highest BCUT2D eigenvalue weighted by Gasteiger charge is 2.41. The number of anilines is 1. The minimum absolute atomic E-state index is 0.181. The Labute approximate surface area is 150 Å². The third-order valence-corrected chi connectivity index (χ3v) is 5.14. The molecule has 0 saturated carbocycles. The van der Waals surface area contributed by atoms with Gasteiger partial charge in [0.2, 0.25) is 11.1 Å². The molecular weight excluding hydrogens is 336 g/mol. The van der Waals surface area contributed by atoms with Gasteiger partial charge in [-0.15, -0.1) is 5.10 Å². The van der Waals surface area contributed by atoms with Gasteiger partial charge >= 0.3 is 0 Å². The van der Waals surface area contributed by atoms with E-state index < -0.39 is 0 Å². The SMILES string of the molecule is CCOc1ccc([C@@H]2[C@H]3C(=O)CCC=C3Nc3nc(SC)nn32)cc1. The van der Waals surface area contributed by atoms with Crippen LogP contribution in [0.25, 0.3) is 0 Å². The number of allylic oxidation sites excluding steroid dienone is 2. The molecule has 0 radical (unpaired) electrons. The summed E-state index contributed by atoms with van der Waals surface area (Å²) in [5, 5.41) is 8.61. The number of rotatable bonds is 4. The number of nitrogens with one attached hydrogen (secondary N) is 1. The fraction of sp³-hybridized carbons (Fsp3) is 0.389. The summed E-state index contributed by atoms with van der Waals surface area (Å²) in [4.78, 5) is 17.2. The van der Waals surface area contributed by atoms with Crippen LogP contribution in [0.5, 0.6) is 5.75 Å². The molecule has 0 bridgehead atoms.